The van der Waals surface area contributed by atoms with E-state index in [1.165, 1.54) is 0 Å². The van der Waals surface area contributed by atoms with Crippen LogP contribution in [-0.4, -0.2) is 0 Å². The standard InChI is InChI=1S/C12H11BrN2/c13-9-1-5-11(6-2-9)15-12-7-3-10(14)4-8-12/h1-8,15H,14H2. The molecular weight excluding hydrogens is 252 g/mol. The van der Waals surface area contributed by atoms with Gasteiger partial charge in [-0.2, -0.15) is 0 Å². The van der Waals surface area contributed by atoms with Gasteiger partial charge < -0.3 is 11.1 Å². The molecule has 3 heteroatoms. The van der Waals surface area contributed by atoms with Crippen LogP contribution in [0.4, 0.5) is 17.1 Å². The summed E-state index contributed by atoms with van der Waals surface area (Å²) in [7, 11) is 0. The van der Waals surface area contributed by atoms with Crippen molar-refractivity contribution in [1.82, 2.24) is 0 Å². The van der Waals surface area contributed by atoms with E-state index >= 15 is 0 Å². The fraction of sp³-hybridized carbons (Fsp3) is 0. The number of nitrogen functional groups attached to an aromatic ring is 1. The molecule has 0 radical (unpaired) electrons. The minimum atomic E-state index is 0.774. The quantitative estimate of drug-likeness (QED) is 0.809. The van der Waals surface area contributed by atoms with Crippen LogP contribution in [0.25, 0.3) is 0 Å². The lowest BCUT2D eigenvalue weighted by molar-refractivity contribution is 1.54. The van der Waals surface area contributed by atoms with Gasteiger partial charge in [-0.25, -0.2) is 0 Å². The SMILES string of the molecule is Nc1ccc(Nc2ccc(Br)cc2)cc1. The number of nitrogens with two attached hydrogens (primary N) is 1. The van der Waals surface area contributed by atoms with E-state index in [1.807, 2.05) is 48.5 Å². The van der Waals surface area contributed by atoms with E-state index in [4.69, 9.17) is 5.73 Å². The van der Waals surface area contributed by atoms with Crippen LogP contribution < -0.4 is 11.1 Å². The van der Waals surface area contributed by atoms with E-state index in [1.54, 1.807) is 0 Å². The smallest absolute Gasteiger partial charge is 0.0385 e. The highest BCUT2D eigenvalue weighted by Crippen LogP contribution is 2.19. The predicted molar refractivity (Wildman–Crippen MR) is 68.3 cm³/mol. The van der Waals surface area contributed by atoms with E-state index in [2.05, 4.69) is 21.2 Å². The lowest BCUT2D eigenvalue weighted by atomic mass is 10.2. The van der Waals surface area contributed by atoms with Crippen molar-refractivity contribution in [2.24, 2.45) is 0 Å². The number of rotatable bonds is 2. The highest BCUT2D eigenvalue weighted by atomic mass is 79.9. The maximum absolute atomic E-state index is 5.61. The fourth-order valence-electron chi connectivity index (χ4n) is 1.27. The maximum Gasteiger partial charge on any atom is 0.0385 e. The molecular formula is C12H11BrN2. The molecule has 0 bridgehead atoms. The molecule has 0 saturated heterocycles. The van der Waals surface area contributed by atoms with Gasteiger partial charge in [-0.3, -0.25) is 0 Å². The number of benzene rings is 2. The number of halogens is 1. The Morgan fingerprint density at radius 1 is 0.800 bits per heavy atom. The van der Waals surface area contributed by atoms with Crippen molar-refractivity contribution in [2.45, 2.75) is 0 Å². The summed E-state index contributed by atoms with van der Waals surface area (Å²) >= 11 is 3.40. The van der Waals surface area contributed by atoms with Gasteiger partial charge in [0, 0.05) is 21.5 Å². The second-order valence-corrected chi connectivity index (χ2v) is 4.17. The summed E-state index contributed by atoms with van der Waals surface area (Å²) in [4.78, 5) is 0. The normalized spacial score (nSPS) is 9.93. The molecule has 15 heavy (non-hydrogen) atoms. The van der Waals surface area contributed by atoms with Gasteiger partial charge in [0.05, 0.1) is 0 Å². The summed E-state index contributed by atoms with van der Waals surface area (Å²) in [5.74, 6) is 0. The van der Waals surface area contributed by atoms with Crippen LogP contribution in [0, 0.1) is 0 Å². The number of nitrogens with one attached hydrogen (secondary N) is 1. The fourth-order valence-corrected chi connectivity index (χ4v) is 1.53. The topological polar surface area (TPSA) is 38.0 Å². The largest absolute Gasteiger partial charge is 0.399 e. The monoisotopic (exact) mass is 262 g/mol. The molecule has 0 aliphatic heterocycles. The number of hydrogen-bond acceptors (Lipinski definition) is 2. The molecule has 0 saturated carbocycles. The third kappa shape index (κ3) is 2.73. The van der Waals surface area contributed by atoms with E-state index in [-0.39, 0.29) is 0 Å². The first kappa shape index (κ1) is 10.1. The third-order valence-electron chi connectivity index (χ3n) is 2.04. The highest BCUT2D eigenvalue weighted by molar-refractivity contribution is 9.10. The van der Waals surface area contributed by atoms with Crippen molar-refractivity contribution in [3.63, 3.8) is 0 Å². The molecule has 0 heterocycles. The highest BCUT2D eigenvalue weighted by Gasteiger charge is 1.94. The summed E-state index contributed by atoms with van der Waals surface area (Å²) in [6.07, 6.45) is 0. The maximum atomic E-state index is 5.61. The van der Waals surface area contributed by atoms with E-state index in [0.717, 1.165) is 21.5 Å². The van der Waals surface area contributed by atoms with Gasteiger partial charge in [0.25, 0.3) is 0 Å². The lowest BCUT2D eigenvalue weighted by Gasteiger charge is -2.06. The zero-order chi connectivity index (χ0) is 10.7. The van der Waals surface area contributed by atoms with Crippen LogP contribution in [0.3, 0.4) is 0 Å². The molecule has 3 N–H and O–H groups in total. The van der Waals surface area contributed by atoms with Crippen LogP contribution in [0.1, 0.15) is 0 Å². The summed E-state index contributed by atoms with van der Waals surface area (Å²) in [6, 6.07) is 15.7. The first-order valence-electron chi connectivity index (χ1n) is 4.62. The van der Waals surface area contributed by atoms with Crippen LogP contribution in [0.2, 0.25) is 0 Å². The average Bonchev–Trinajstić information content (AvgIpc) is 2.25. The van der Waals surface area contributed by atoms with Crippen molar-refractivity contribution in [2.75, 3.05) is 11.1 Å². The zero-order valence-corrected chi connectivity index (χ0v) is 9.66. The minimum absolute atomic E-state index is 0.774. The van der Waals surface area contributed by atoms with Gasteiger partial charge in [-0.1, -0.05) is 15.9 Å². The predicted octanol–water partition coefficient (Wildman–Crippen LogP) is 3.77. The Labute approximate surface area is 97.2 Å². The first-order valence-corrected chi connectivity index (χ1v) is 5.41. The first-order chi connectivity index (χ1) is 7.24. The van der Waals surface area contributed by atoms with E-state index in [0.29, 0.717) is 0 Å². The van der Waals surface area contributed by atoms with Gasteiger partial charge >= 0.3 is 0 Å². The zero-order valence-electron chi connectivity index (χ0n) is 8.07. The molecule has 76 valence electrons. The van der Waals surface area contributed by atoms with Crippen LogP contribution >= 0.6 is 15.9 Å². The summed E-state index contributed by atoms with van der Waals surface area (Å²) in [5.41, 5.74) is 8.47. The van der Waals surface area contributed by atoms with Gasteiger partial charge in [0.1, 0.15) is 0 Å². The molecule has 0 atom stereocenters. The molecule has 0 amide bonds. The molecule has 0 aromatic heterocycles. The Morgan fingerprint density at radius 3 is 1.80 bits per heavy atom. The molecule has 2 rings (SSSR count). The summed E-state index contributed by atoms with van der Waals surface area (Å²) in [5, 5.41) is 3.28. The van der Waals surface area contributed by atoms with Crippen LogP contribution in [0.15, 0.2) is 53.0 Å². The molecule has 0 fully saturated rings. The Hall–Kier alpha value is -1.48. The summed E-state index contributed by atoms with van der Waals surface area (Å²) in [6.45, 7) is 0. The molecule has 0 spiro atoms. The molecule has 0 aliphatic carbocycles. The van der Waals surface area contributed by atoms with Crippen LogP contribution in [-0.2, 0) is 0 Å². The van der Waals surface area contributed by atoms with Crippen molar-refractivity contribution in [1.29, 1.82) is 0 Å². The number of anilines is 3. The minimum Gasteiger partial charge on any atom is -0.399 e. The molecule has 0 aliphatic rings. The second kappa shape index (κ2) is 4.36. The van der Waals surface area contributed by atoms with Crippen LogP contribution in [0.5, 0.6) is 0 Å². The van der Waals surface area contributed by atoms with Crippen molar-refractivity contribution < 1.29 is 0 Å². The molecule has 0 unspecified atom stereocenters. The van der Waals surface area contributed by atoms with Crippen molar-refractivity contribution >= 4 is 33.0 Å². The van der Waals surface area contributed by atoms with Gasteiger partial charge in [-0.15, -0.1) is 0 Å². The van der Waals surface area contributed by atoms with Crippen molar-refractivity contribution in [3.8, 4) is 0 Å². The second-order valence-electron chi connectivity index (χ2n) is 3.25. The van der Waals surface area contributed by atoms with Crippen molar-refractivity contribution in [3.05, 3.63) is 53.0 Å². The Morgan fingerprint density at radius 2 is 1.27 bits per heavy atom. The average molecular weight is 263 g/mol. The third-order valence-corrected chi connectivity index (χ3v) is 2.57. The summed E-state index contributed by atoms with van der Waals surface area (Å²) < 4.78 is 1.07. The number of hydrogen-bond donors (Lipinski definition) is 2. The Bertz CT molecular complexity index is 391. The van der Waals surface area contributed by atoms with Gasteiger partial charge in [-0.05, 0) is 48.5 Å². The molecule has 2 aromatic rings. The Kier molecular flexibility index (Phi) is 2.92. The van der Waals surface area contributed by atoms with Gasteiger partial charge in [0.2, 0.25) is 0 Å². The van der Waals surface area contributed by atoms with Gasteiger partial charge in [0.15, 0.2) is 0 Å². The molecule has 2 aromatic carbocycles. The van der Waals surface area contributed by atoms with E-state index < -0.39 is 0 Å². The lowest BCUT2D eigenvalue weighted by Crippen LogP contribution is -1.90. The Balaban J connectivity index is 2.15. The molecule has 2 nitrogen and oxygen atoms in total. The van der Waals surface area contributed by atoms with E-state index in [9.17, 15) is 0 Å².